The van der Waals surface area contributed by atoms with Gasteiger partial charge < -0.3 is 0 Å². The number of rotatable bonds is 0. The molecule has 0 bridgehead atoms. The van der Waals surface area contributed by atoms with Crippen LogP contribution in [0, 0.1) is 22.7 Å². The van der Waals surface area contributed by atoms with Gasteiger partial charge in [0.1, 0.15) is 0 Å². The van der Waals surface area contributed by atoms with Crippen LogP contribution >= 0.6 is 0 Å². The van der Waals surface area contributed by atoms with Crippen LogP contribution in [0.2, 0.25) is 0 Å². The third kappa shape index (κ3) is 0.791. The largest absolute Gasteiger partial charge is 0.0620 e. The highest BCUT2D eigenvalue weighted by atomic mass is 14.7. The Bertz CT molecular complexity index is 198. The second kappa shape index (κ2) is 1.91. The molecule has 68 valence electrons. The highest BCUT2D eigenvalue weighted by Gasteiger charge is 2.62. The van der Waals surface area contributed by atoms with E-state index >= 15 is 0 Å². The van der Waals surface area contributed by atoms with Crippen molar-refractivity contribution < 1.29 is 0 Å². The minimum Gasteiger partial charge on any atom is -0.0620 e. The Morgan fingerprint density at radius 1 is 0.917 bits per heavy atom. The van der Waals surface area contributed by atoms with Crippen molar-refractivity contribution in [2.45, 2.75) is 52.4 Å². The van der Waals surface area contributed by atoms with E-state index < -0.39 is 0 Å². The van der Waals surface area contributed by atoms with Crippen LogP contribution in [0.4, 0.5) is 0 Å². The first-order valence-corrected chi connectivity index (χ1v) is 5.67. The van der Waals surface area contributed by atoms with Crippen LogP contribution < -0.4 is 0 Å². The van der Waals surface area contributed by atoms with Crippen molar-refractivity contribution in [3.63, 3.8) is 0 Å². The quantitative estimate of drug-likeness (QED) is 0.513. The zero-order valence-electron chi connectivity index (χ0n) is 8.40. The van der Waals surface area contributed by atoms with E-state index in [9.17, 15) is 0 Å². The fourth-order valence-electron chi connectivity index (χ4n) is 3.96. The Hall–Kier alpha value is 0. The third-order valence-corrected chi connectivity index (χ3v) is 5.25. The lowest BCUT2D eigenvalue weighted by atomic mass is 9.74. The van der Waals surface area contributed by atoms with Gasteiger partial charge in [0.05, 0.1) is 0 Å². The van der Waals surface area contributed by atoms with Crippen molar-refractivity contribution in [3.05, 3.63) is 0 Å². The molecular formula is C12H20. The number of hydrogen-bond acceptors (Lipinski definition) is 0. The maximum Gasteiger partial charge on any atom is -0.0263 e. The maximum absolute atomic E-state index is 2.46. The van der Waals surface area contributed by atoms with Crippen molar-refractivity contribution in [2.75, 3.05) is 0 Å². The minimum absolute atomic E-state index is 0.864. The molecule has 4 atom stereocenters. The van der Waals surface area contributed by atoms with Crippen LogP contribution in [0.25, 0.3) is 0 Å². The Morgan fingerprint density at radius 3 is 1.67 bits per heavy atom. The fraction of sp³-hybridized carbons (Fsp3) is 1.00. The van der Waals surface area contributed by atoms with E-state index in [0.717, 1.165) is 22.7 Å². The molecule has 0 aliphatic heterocycles. The zero-order chi connectivity index (χ0) is 8.40. The lowest BCUT2D eigenvalue weighted by molar-refractivity contribution is 0.201. The van der Waals surface area contributed by atoms with E-state index in [4.69, 9.17) is 0 Å². The molecule has 0 aromatic heterocycles. The molecule has 0 nitrogen and oxygen atoms in total. The van der Waals surface area contributed by atoms with Gasteiger partial charge in [-0.15, -0.1) is 0 Å². The van der Waals surface area contributed by atoms with Crippen molar-refractivity contribution in [1.82, 2.24) is 0 Å². The molecule has 3 aliphatic carbocycles. The van der Waals surface area contributed by atoms with Crippen molar-refractivity contribution in [3.8, 4) is 0 Å². The Morgan fingerprint density at radius 2 is 1.33 bits per heavy atom. The molecule has 0 aromatic carbocycles. The Kier molecular flexibility index (Phi) is 1.18. The van der Waals surface area contributed by atoms with Gasteiger partial charge in [-0.25, -0.2) is 0 Å². The first-order valence-electron chi connectivity index (χ1n) is 5.67. The van der Waals surface area contributed by atoms with Gasteiger partial charge in [-0.1, -0.05) is 20.3 Å². The van der Waals surface area contributed by atoms with Gasteiger partial charge >= 0.3 is 0 Å². The average Bonchev–Trinajstić information content (AvgIpc) is 2.78. The molecule has 0 heteroatoms. The van der Waals surface area contributed by atoms with Crippen LogP contribution in [0.1, 0.15) is 52.4 Å². The van der Waals surface area contributed by atoms with Gasteiger partial charge in [-0.2, -0.15) is 0 Å². The second-order valence-corrected chi connectivity index (χ2v) is 5.97. The van der Waals surface area contributed by atoms with Gasteiger partial charge in [-0.05, 0) is 54.8 Å². The summed E-state index contributed by atoms with van der Waals surface area (Å²) >= 11 is 0. The third-order valence-electron chi connectivity index (χ3n) is 5.25. The molecular weight excluding hydrogens is 144 g/mol. The topological polar surface area (TPSA) is 0 Å². The van der Waals surface area contributed by atoms with E-state index in [1.807, 2.05) is 0 Å². The summed E-state index contributed by atoms with van der Waals surface area (Å²) < 4.78 is 0. The van der Waals surface area contributed by atoms with E-state index in [2.05, 4.69) is 13.8 Å². The molecule has 3 aliphatic rings. The first kappa shape index (κ1) is 7.41. The highest BCUT2D eigenvalue weighted by Crippen LogP contribution is 2.72. The molecule has 3 fully saturated rings. The van der Waals surface area contributed by atoms with Crippen LogP contribution in [0.15, 0.2) is 0 Å². The normalized spacial score (nSPS) is 62.5. The van der Waals surface area contributed by atoms with Crippen LogP contribution in [0.3, 0.4) is 0 Å². The molecule has 0 aromatic rings. The standard InChI is InChI=1S/C12H20/c1-9-6-11(9)4-3-5-12(8-11)7-10(12)2/h9-10H,3-8H2,1-2H3. The van der Waals surface area contributed by atoms with Gasteiger partial charge in [-0.3, -0.25) is 0 Å². The molecule has 0 amide bonds. The van der Waals surface area contributed by atoms with E-state index in [0.29, 0.717) is 0 Å². The van der Waals surface area contributed by atoms with E-state index in [1.54, 1.807) is 32.1 Å². The zero-order valence-corrected chi connectivity index (χ0v) is 8.40. The maximum atomic E-state index is 2.46. The number of hydrogen-bond donors (Lipinski definition) is 0. The summed E-state index contributed by atoms with van der Waals surface area (Å²) in [6.45, 7) is 4.93. The predicted molar refractivity (Wildman–Crippen MR) is 50.9 cm³/mol. The van der Waals surface area contributed by atoms with Gasteiger partial charge in [0.2, 0.25) is 0 Å². The predicted octanol–water partition coefficient (Wildman–Crippen LogP) is 3.61. The lowest BCUT2D eigenvalue weighted by Crippen LogP contribution is -2.20. The summed E-state index contributed by atoms with van der Waals surface area (Å²) in [6, 6.07) is 0. The molecule has 3 saturated carbocycles. The summed E-state index contributed by atoms with van der Waals surface area (Å²) in [5, 5.41) is 0. The molecule has 12 heavy (non-hydrogen) atoms. The molecule has 3 rings (SSSR count). The summed E-state index contributed by atoms with van der Waals surface area (Å²) in [7, 11) is 0. The van der Waals surface area contributed by atoms with Gasteiger partial charge in [0, 0.05) is 0 Å². The second-order valence-electron chi connectivity index (χ2n) is 5.97. The summed E-state index contributed by atoms with van der Waals surface area (Å²) in [5.74, 6) is 2.14. The van der Waals surface area contributed by atoms with Crippen LogP contribution in [-0.4, -0.2) is 0 Å². The van der Waals surface area contributed by atoms with Crippen molar-refractivity contribution >= 4 is 0 Å². The molecule has 0 radical (unpaired) electrons. The van der Waals surface area contributed by atoms with Crippen molar-refractivity contribution in [1.29, 1.82) is 0 Å². The summed E-state index contributed by atoms with van der Waals surface area (Å²) in [6.07, 6.45) is 9.37. The SMILES string of the molecule is CC1CC12CCCC1(CC1C)C2. The molecule has 2 spiro atoms. The highest BCUT2D eigenvalue weighted by molar-refractivity contribution is 5.12. The average molecular weight is 164 g/mol. The smallest absolute Gasteiger partial charge is 0.0263 e. The molecule has 4 unspecified atom stereocenters. The van der Waals surface area contributed by atoms with Crippen LogP contribution in [0.5, 0.6) is 0 Å². The summed E-state index contributed by atoms with van der Waals surface area (Å²) in [4.78, 5) is 0. The summed E-state index contributed by atoms with van der Waals surface area (Å²) in [5.41, 5.74) is 1.73. The van der Waals surface area contributed by atoms with Gasteiger partial charge in [0.15, 0.2) is 0 Å². The molecule has 0 heterocycles. The van der Waals surface area contributed by atoms with Gasteiger partial charge in [0.25, 0.3) is 0 Å². The lowest BCUT2D eigenvalue weighted by Gasteiger charge is -2.30. The fourth-order valence-corrected chi connectivity index (χ4v) is 3.96. The Labute approximate surface area is 75.7 Å². The molecule has 0 N–H and O–H groups in total. The monoisotopic (exact) mass is 164 g/mol. The first-order chi connectivity index (χ1) is 5.67. The van der Waals surface area contributed by atoms with E-state index in [1.165, 1.54) is 6.42 Å². The Balaban J connectivity index is 1.78. The molecule has 0 saturated heterocycles. The minimum atomic E-state index is 0.864. The van der Waals surface area contributed by atoms with Crippen molar-refractivity contribution in [2.24, 2.45) is 22.7 Å². The van der Waals surface area contributed by atoms with Crippen LogP contribution in [-0.2, 0) is 0 Å². The van der Waals surface area contributed by atoms with E-state index in [-0.39, 0.29) is 0 Å².